The van der Waals surface area contributed by atoms with E-state index >= 15 is 0 Å². The fourth-order valence-electron chi connectivity index (χ4n) is 2.14. The van der Waals surface area contributed by atoms with Gasteiger partial charge in [-0.15, -0.1) is 0 Å². The maximum absolute atomic E-state index is 10.9. The van der Waals surface area contributed by atoms with Crippen LogP contribution in [0.25, 0.3) is 0 Å². The average molecular weight is 225 g/mol. The van der Waals surface area contributed by atoms with Gasteiger partial charge < -0.3 is 10.1 Å². The number of carbonyl (C=O) groups is 1. The highest BCUT2D eigenvalue weighted by Crippen LogP contribution is 2.26. The highest BCUT2D eigenvalue weighted by molar-refractivity contribution is 5.81. The van der Waals surface area contributed by atoms with Gasteiger partial charge in [-0.05, 0) is 25.8 Å². The Balaban J connectivity index is 1.92. The molecule has 0 heterocycles. The van der Waals surface area contributed by atoms with E-state index in [9.17, 15) is 4.79 Å². The zero-order valence-electron chi connectivity index (χ0n) is 10.2. The lowest BCUT2D eigenvalue weighted by molar-refractivity contribution is -0.137. The smallest absolute Gasteiger partial charge is 0.330 e. The number of nitrogens with one attached hydrogen (secondary N) is 1. The van der Waals surface area contributed by atoms with E-state index in [1.165, 1.54) is 38.2 Å². The second-order valence-electron chi connectivity index (χ2n) is 4.30. The number of hydrogen-bond acceptors (Lipinski definition) is 3. The molecule has 92 valence electrons. The lowest BCUT2D eigenvalue weighted by Crippen LogP contribution is -2.17. The zero-order valence-corrected chi connectivity index (χ0v) is 10.2. The largest absolute Gasteiger partial charge is 0.463 e. The first-order valence-corrected chi connectivity index (χ1v) is 6.37. The first kappa shape index (κ1) is 13.2. The molecule has 1 N–H and O–H groups in total. The predicted octanol–water partition coefficient (Wildman–Crippen LogP) is 2.28. The van der Waals surface area contributed by atoms with Crippen LogP contribution in [0.5, 0.6) is 0 Å². The third-order valence-electron chi connectivity index (χ3n) is 3.01. The van der Waals surface area contributed by atoms with Gasteiger partial charge in [-0.25, -0.2) is 4.79 Å². The van der Waals surface area contributed by atoms with Crippen LogP contribution in [0.4, 0.5) is 0 Å². The topological polar surface area (TPSA) is 38.3 Å². The molecule has 1 aliphatic carbocycles. The minimum Gasteiger partial charge on any atom is -0.463 e. The van der Waals surface area contributed by atoms with E-state index in [4.69, 9.17) is 4.74 Å². The van der Waals surface area contributed by atoms with Crippen LogP contribution < -0.4 is 5.32 Å². The van der Waals surface area contributed by atoms with Gasteiger partial charge in [0.2, 0.25) is 0 Å². The maximum atomic E-state index is 10.9. The maximum Gasteiger partial charge on any atom is 0.330 e. The molecule has 16 heavy (non-hydrogen) atoms. The molecule has 1 rings (SSSR count). The fourth-order valence-corrected chi connectivity index (χ4v) is 2.14. The summed E-state index contributed by atoms with van der Waals surface area (Å²) in [6, 6.07) is 0. The molecular formula is C13H23NO2. The Bertz CT molecular complexity index is 220. The van der Waals surface area contributed by atoms with E-state index in [-0.39, 0.29) is 5.97 Å². The van der Waals surface area contributed by atoms with Gasteiger partial charge in [-0.1, -0.05) is 31.8 Å². The summed E-state index contributed by atoms with van der Waals surface area (Å²) >= 11 is 0. The molecule has 0 saturated heterocycles. The summed E-state index contributed by atoms with van der Waals surface area (Å²) in [7, 11) is 0. The summed E-state index contributed by atoms with van der Waals surface area (Å²) in [4.78, 5) is 10.9. The number of ether oxygens (including phenoxy) is 1. The van der Waals surface area contributed by atoms with Gasteiger partial charge >= 0.3 is 5.97 Å². The van der Waals surface area contributed by atoms with Crippen LogP contribution in [0, 0.1) is 5.92 Å². The van der Waals surface area contributed by atoms with Crippen molar-refractivity contribution >= 4 is 5.97 Å². The molecule has 3 heteroatoms. The van der Waals surface area contributed by atoms with Gasteiger partial charge in [0.15, 0.2) is 0 Å². The molecule has 1 fully saturated rings. The summed E-state index contributed by atoms with van der Waals surface area (Å²) in [5.41, 5.74) is 0. The van der Waals surface area contributed by atoms with E-state index in [0.29, 0.717) is 6.61 Å². The van der Waals surface area contributed by atoms with E-state index in [2.05, 4.69) is 5.32 Å². The van der Waals surface area contributed by atoms with E-state index in [1.54, 1.807) is 0 Å². The minimum atomic E-state index is -0.250. The summed E-state index contributed by atoms with van der Waals surface area (Å²) in [5, 5.41) is 3.32. The molecular weight excluding hydrogens is 202 g/mol. The van der Waals surface area contributed by atoms with Gasteiger partial charge in [-0.3, -0.25) is 0 Å². The molecule has 0 spiro atoms. The van der Waals surface area contributed by atoms with Crippen LogP contribution in [0.3, 0.4) is 0 Å². The molecule has 0 aliphatic heterocycles. The standard InChI is InChI=1S/C13H23NO2/c1-2-16-13(15)8-5-10-14-11-9-12-6-3-4-7-12/h5,8,12,14H,2-4,6-7,9-11H2,1H3/b8-5+. The molecule has 0 aromatic carbocycles. The van der Waals surface area contributed by atoms with Crippen molar-refractivity contribution in [3.8, 4) is 0 Å². The normalized spacial score (nSPS) is 17.1. The Kier molecular flexibility index (Phi) is 6.90. The molecule has 0 aromatic heterocycles. The first-order valence-electron chi connectivity index (χ1n) is 6.37. The van der Waals surface area contributed by atoms with Crippen LogP contribution in [0.15, 0.2) is 12.2 Å². The molecule has 1 aliphatic rings. The van der Waals surface area contributed by atoms with Gasteiger partial charge in [-0.2, -0.15) is 0 Å². The van der Waals surface area contributed by atoms with Crippen LogP contribution in [-0.4, -0.2) is 25.7 Å². The minimum absolute atomic E-state index is 0.250. The molecule has 0 radical (unpaired) electrons. The van der Waals surface area contributed by atoms with Crippen molar-refractivity contribution in [1.29, 1.82) is 0 Å². The van der Waals surface area contributed by atoms with Crippen molar-refractivity contribution in [2.24, 2.45) is 5.92 Å². The third-order valence-corrected chi connectivity index (χ3v) is 3.01. The number of esters is 1. The Labute approximate surface area is 98.2 Å². The molecule has 0 atom stereocenters. The number of hydrogen-bond donors (Lipinski definition) is 1. The van der Waals surface area contributed by atoms with Crippen molar-refractivity contribution in [3.05, 3.63) is 12.2 Å². The summed E-state index contributed by atoms with van der Waals surface area (Å²) in [6.45, 7) is 4.06. The van der Waals surface area contributed by atoms with Crippen LogP contribution in [0.2, 0.25) is 0 Å². The Hall–Kier alpha value is -0.830. The van der Waals surface area contributed by atoms with Crippen molar-refractivity contribution < 1.29 is 9.53 Å². The fraction of sp³-hybridized carbons (Fsp3) is 0.769. The molecule has 0 aromatic rings. The van der Waals surface area contributed by atoms with Crippen LogP contribution in [0.1, 0.15) is 39.0 Å². The van der Waals surface area contributed by atoms with E-state index in [0.717, 1.165) is 19.0 Å². The molecule has 0 bridgehead atoms. The van der Waals surface area contributed by atoms with Crippen LogP contribution >= 0.6 is 0 Å². The van der Waals surface area contributed by atoms with Crippen molar-refractivity contribution in [1.82, 2.24) is 5.32 Å². The van der Waals surface area contributed by atoms with Gasteiger partial charge in [0.25, 0.3) is 0 Å². The lowest BCUT2D eigenvalue weighted by atomic mass is 10.0. The molecule has 3 nitrogen and oxygen atoms in total. The monoisotopic (exact) mass is 225 g/mol. The molecule has 1 saturated carbocycles. The Morgan fingerprint density at radius 2 is 2.19 bits per heavy atom. The SMILES string of the molecule is CCOC(=O)/C=C/CNCCC1CCCC1. The molecule has 0 unspecified atom stereocenters. The quantitative estimate of drug-likeness (QED) is 0.410. The first-order chi connectivity index (χ1) is 7.83. The highest BCUT2D eigenvalue weighted by atomic mass is 16.5. The average Bonchev–Trinajstić information content (AvgIpc) is 2.76. The Morgan fingerprint density at radius 1 is 1.44 bits per heavy atom. The third kappa shape index (κ3) is 5.91. The van der Waals surface area contributed by atoms with Crippen molar-refractivity contribution in [2.75, 3.05) is 19.7 Å². The zero-order chi connectivity index (χ0) is 11.6. The van der Waals surface area contributed by atoms with E-state index < -0.39 is 0 Å². The van der Waals surface area contributed by atoms with E-state index in [1.807, 2.05) is 13.0 Å². The highest BCUT2D eigenvalue weighted by Gasteiger charge is 2.13. The number of carbonyl (C=O) groups excluding carboxylic acids is 1. The van der Waals surface area contributed by atoms with Gasteiger partial charge in [0, 0.05) is 12.6 Å². The summed E-state index contributed by atoms with van der Waals surface area (Å²) in [6.07, 6.45) is 10.2. The van der Waals surface area contributed by atoms with Crippen LogP contribution in [-0.2, 0) is 9.53 Å². The van der Waals surface area contributed by atoms with Gasteiger partial charge in [0.1, 0.15) is 0 Å². The van der Waals surface area contributed by atoms with Gasteiger partial charge in [0.05, 0.1) is 6.61 Å². The summed E-state index contributed by atoms with van der Waals surface area (Å²) in [5.74, 6) is 0.682. The predicted molar refractivity (Wildman–Crippen MR) is 65.2 cm³/mol. The second kappa shape index (κ2) is 8.34. The Morgan fingerprint density at radius 3 is 2.88 bits per heavy atom. The van der Waals surface area contributed by atoms with Crippen molar-refractivity contribution in [2.45, 2.75) is 39.0 Å². The summed E-state index contributed by atoms with van der Waals surface area (Å²) < 4.78 is 4.78. The van der Waals surface area contributed by atoms with Crippen molar-refractivity contribution in [3.63, 3.8) is 0 Å². The lowest BCUT2D eigenvalue weighted by Gasteiger charge is -2.08. The number of rotatable bonds is 7. The molecule has 0 amide bonds. The second-order valence-corrected chi connectivity index (χ2v) is 4.30.